The molecule has 9 rings (SSSR count). The van der Waals surface area contributed by atoms with Crippen LogP contribution < -0.4 is 0 Å². The Balaban J connectivity index is 1.43. The van der Waals surface area contributed by atoms with Gasteiger partial charge in [-0.25, -0.2) is 9.97 Å². The molecular weight excluding hydrogens is 605 g/mol. The highest BCUT2D eigenvalue weighted by Crippen LogP contribution is 2.47. The van der Waals surface area contributed by atoms with E-state index in [1.54, 1.807) is 0 Å². The zero-order chi connectivity index (χ0) is 33.3. The zero-order valence-electron chi connectivity index (χ0n) is 27.4. The van der Waals surface area contributed by atoms with Crippen LogP contribution in [0.3, 0.4) is 0 Å². The van der Waals surface area contributed by atoms with Gasteiger partial charge >= 0.3 is 0 Å². The number of benzene rings is 8. The van der Waals surface area contributed by atoms with Crippen LogP contribution >= 0.6 is 0 Å². The van der Waals surface area contributed by atoms with Gasteiger partial charge in [-0.15, -0.1) is 0 Å². The first-order chi connectivity index (χ1) is 24.8. The highest BCUT2D eigenvalue weighted by atomic mass is 14.9. The number of nitrogens with zero attached hydrogens (tertiary/aromatic N) is 2. The van der Waals surface area contributed by atoms with Crippen molar-refractivity contribution in [3.63, 3.8) is 0 Å². The van der Waals surface area contributed by atoms with Crippen LogP contribution in [0, 0.1) is 0 Å². The van der Waals surface area contributed by atoms with Gasteiger partial charge < -0.3 is 0 Å². The molecule has 0 fully saturated rings. The number of fused-ring (bicyclic) bond motifs is 2. The molecule has 9 aromatic rings. The number of aromatic nitrogens is 2. The van der Waals surface area contributed by atoms with E-state index in [1.807, 2.05) is 18.2 Å². The van der Waals surface area contributed by atoms with E-state index in [0.29, 0.717) is 5.82 Å². The Bertz CT molecular complexity index is 2540. The van der Waals surface area contributed by atoms with Crippen LogP contribution in [-0.4, -0.2) is 9.97 Å². The maximum Gasteiger partial charge on any atom is 0.160 e. The predicted molar refractivity (Wildman–Crippen MR) is 210 cm³/mol. The van der Waals surface area contributed by atoms with Crippen molar-refractivity contribution < 1.29 is 0 Å². The summed E-state index contributed by atoms with van der Waals surface area (Å²) < 4.78 is 0. The van der Waals surface area contributed by atoms with Crippen LogP contribution in [-0.2, 0) is 0 Å². The largest absolute Gasteiger partial charge is 0.227 e. The van der Waals surface area contributed by atoms with Crippen molar-refractivity contribution in [2.45, 2.75) is 0 Å². The third kappa shape index (κ3) is 5.24. The fraction of sp³-hybridized carbons (Fsp3) is 0. The van der Waals surface area contributed by atoms with Crippen molar-refractivity contribution in [3.8, 4) is 67.3 Å². The van der Waals surface area contributed by atoms with E-state index >= 15 is 0 Å². The molecule has 0 N–H and O–H groups in total. The van der Waals surface area contributed by atoms with Crippen LogP contribution in [0.25, 0.3) is 88.8 Å². The van der Waals surface area contributed by atoms with Gasteiger partial charge in [0.15, 0.2) is 5.82 Å². The lowest BCUT2D eigenvalue weighted by Crippen LogP contribution is -2.01. The van der Waals surface area contributed by atoms with Gasteiger partial charge in [0.1, 0.15) is 0 Å². The van der Waals surface area contributed by atoms with Gasteiger partial charge in [0.25, 0.3) is 0 Å². The standard InChI is InChI=1S/C48H32N2/c1-6-18-33(19-7-1)43-39-28-16-17-29-40(39)44(34-20-8-2-9-21-34)42-32-38(30-31-41(42)43)45-46(35-22-10-3-11-23-35)49-48(37-26-14-5-15-27-37)50-47(45)36-24-12-4-13-25-36/h1-32H. The second kappa shape index (κ2) is 12.8. The van der Waals surface area contributed by atoms with Crippen molar-refractivity contribution in [1.29, 1.82) is 0 Å². The van der Waals surface area contributed by atoms with E-state index in [9.17, 15) is 0 Å². The summed E-state index contributed by atoms with van der Waals surface area (Å²) in [5.41, 5.74) is 11.8. The van der Waals surface area contributed by atoms with Gasteiger partial charge in [0, 0.05) is 22.3 Å². The molecule has 0 bridgehead atoms. The van der Waals surface area contributed by atoms with Crippen molar-refractivity contribution in [1.82, 2.24) is 9.97 Å². The molecule has 2 heteroatoms. The fourth-order valence-electron chi connectivity index (χ4n) is 7.23. The molecule has 8 aromatic carbocycles. The molecule has 0 saturated carbocycles. The maximum atomic E-state index is 5.34. The Kier molecular flexibility index (Phi) is 7.53. The third-order valence-corrected chi connectivity index (χ3v) is 9.47. The summed E-state index contributed by atoms with van der Waals surface area (Å²) in [5, 5.41) is 4.87. The fourth-order valence-corrected chi connectivity index (χ4v) is 7.23. The van der Waals surface area contributed by atoms with Gasteiger partial charge in [0.05, 0.1) is 11.4 Å². The van der Waals surface area contributed by atoms with Crippen LogP contribution in [0.5, 0.6) is 0 Å². The lowest BCUT2D eigenvalue weighted by molar-refractivity contribution is 1.18. The van der Waals surface area contributed by atoms with Crippen molar-refractivity contribution in [3.05, 3.63) is 194 Å². The molecular formula is C48H32N2. The second-order valence-electron chi connectivity index (χ2n) is 12.5. The smallest absolute Gasteiger partial charge is 0.160 e. The third-order valence-electron chi connectivity index (χ3n) is 9.47. The van der Waals surface area contributed by atoms with Crippen LogP contribution in [0.15, 0.2) is 194 Å². The first-order valence-electron chi connectivity index (χ1n) is 17.0. The Hall–Kier alpha value is -6.64. The molecule has 234 valence electrons. The Labute approximate surface area is 292 Å². The summed E-state index contributed by atoms with van der Waals surface area (Å²) in [7, 11) is 0. The maximum absolute atomic E-state index is 5.34. The summed E-state index contributed by atoms with van der Waals surface area (Å²) in [6, 6.07) is 68.6. The average molecular weight is 637 g/mol. The molecule has 0 aliphatic rings. The highest BCUT2D eigenvalue weighted by Gasteiger charge is 2.22. The Morgan fingerprint density at radius 3 is 1.06 bits per heavy atom. The zero-order valence-corrected chi connectivity index (χ0v) is 27.4. The van der Waals surface area contributed by atoms with E-state index < -0.39 is 0 Å². The van der Waals surface area contributed by atoms with Gasteiger partial charge in [-0.05, 0) is 55.4 Å². The van der Waals surface area contributed by atoms with Gasteiger partial charge in [-0.2, -0.15) is 0 Å². The van der Waals surface area contributed by atoms with Gasteiger partial charge in [0.2, 0.25) is 0 Å². The van der Waals surface area contributed by atoms with E-state index in [0.717, 1.165) is 39.2 Å². The number of hydrogen-bond donors (Lipinski definition) is 0. The van der Waals surface area contributed by atoms with Crippen molar-refractivity contribution in [2.75, 3.05) is 0 Å². The normalized spacial score (nSPS) is 11.2. The molecule has 0 atom stereocenters. The van der Waals surface area contributed by atoms with E-state index in [-0.39, 0.29) is 0 Å². The molecule has 2 nitrogen and oxygen atoms in total. The molecule has 0 spiro atoms. The molecule has 0 aliphatic heterocycles. The second-order valence-corrected chi connectivity index (χ2v) is 12.5. The molecule has 50 heavy (non-hydrogen) atoms. The average Bonchev–Trinajstić information content (AvgIpc) is 3.21. The summed E-state index contributed by atoms with van der Waals surface area (Å²) in [4.78, 5) is 10.7. The minimum absolute atomic E-state index is 0.704. The molecule has 0 aliphatic carbocycles. The van der Waals surface area contributed by atoms with Crippen LogP contribution in [0.1, 0.15) is 0 Å². The number of hydrogen-bond acceptors (Lipinski definition) is 2. The molecule has 0 amide bonds. The monoisotopic (exact) mass is 636 g/mol. The Morgan fingerprint density at radius 2 is 0.600 bits per heavy atom. The lowest BCUT2D eigenvalue weighted by Gasteiger charge is -2.20. The minimum Gasteiger partial charge on any atom is -0.227 e. The molecule has 1 aromatic heterocycles. The first kappa shape index (κ1) is 29.5. The molecule has 1 heterocycles. The molecule has 0 saturated heterocycles. The van der Waals surface area contributed by atoms with Crippen LogP contribution in [0.4, 0.5) is 0 Å². The first-order valence-corrected chi connectivity index (χ1v) is 17.0. The summed E-state index contributed by atoms with van der Waals surface area (Å²) in [5.74, 6) is 0.704. The Morgan fingerprint density at radius 1 is 0.240 bits per heavy atom. The van der Waals surface area contributed by atoms with Crippen molar-refractivity contribution >= 4 is 21.5 Å². The van der Waals surface area contributed by atoms with E-state index in [4.69, 9.17) is 9.97 Å². The van der Waals surface area contributed by atoms with E-state index in [1.165, 1.54) is 43.8 Å². The topological polar surface area (TPSA) is 25.8 Å². The summed E-state index contributed by atoms with van der Waals surface area (Å²) in [6.45, 7) is 0. The SMILES string of the molecule is c1ccc(-c2nc(-c3ccccc3)c(-c3ccc4c(-c5ccccc5)c5ccccc5c(-c5ccccc5)c4c3)c(-c3ccccc3)n2)cc1. The van der Waals surface area contributed by atoms with Crippen molar-refractivity contribution in [2.24, 2.45) is 0 Å². The predicted octanol–water partition coefficient (Wildman–Crippen LogP) is 12.8. The highest BCUT2D eigenvalue weighted by molar-refractivity contribution is 6.22. The lowest BCUT2D eigenvalue weighted by atomic mass is 9.84. The van der Waals surface area contributed by atoms with Gasteiger partial charge in [-0.1, -0.05) is 188 Å². The molecule has 0 radical (unpaired) electrons. The van der Waals surface area contributed by atoms with Crippen LogP contribution in [0.2, 0.25) is 0 Å². The summed E-state index contributed by atoms with van der Waals surface area (Å²) in [6.07, 6.45) is 0. The molecule has 0 unspecified atom stereocenters. The number of rotatable bonds is 6. The minimum atomic E-state index is 0.704. The van der Waals surface area contributed by atoms with E-state index in [2.05, 4.69) is 176 Å². The van der Waals surface area contributed by atoms with Gasteiger partial charge in [-0.3, -0.25) is 0 Å². The summed E-state index contributed by atoms with van der Waals surface area (Å²) >= 11 is 0. The quantitative estimate of drug-likeness (QED) is 0.170.